The number of fused-ring (bicyclic) bond motifs is 1. The van der Waals surface area contributed by atoms with Crippen molar-refractivity contribution in [2.75, 3.05) is 13.1 Å². The van der Waals surface area contributed by atoms with E-state index in [2.05, 4.69) is 44.3 Å². The zero-order valence-electron chi connectivity index (χ0n) is 17.5. The summed E-state index contributed by atoms with van der Waals surface area (Å²) in [5.41, 5.74) is 5.09. The van der Waals surface area contributed by atoms with E-state index < -0.39 is 0 Å². The molecule has 7 heteroatoms. The number of rotatable bonds is 4. The second-order valence-corrected chi connectivity index (χ2v) is 7.97. The third-order valence-electron chi connectivity index (χ3n) is 5.90. The van der Waals surface area contributed by atoms with Gasteiger partial charge in [-0.3, -0.25) is 14.7 Å². The molecule has 0 radical (unpaired) electrons. The van der Waals surface area contributed by atoms with Crippen LogP contribution in [-0.2, 0) is 0 Å². The largest absolute Gasteiger partial charge is 0.349 e. The molecule has 1 aliphatic heterocycles. The highest BCUT2D eigenvalue weighted by Crippen LogP contribution is 2.24. The smallest absolute Gasteiger partial charge is 0.257 e. The maximum atomic E-state index is 13.0. The molecular formula is C22H28N6O. The van der Waals surface area contributed by atoms with Gasteiger partial charge in [0.2, 0.25) is 0 Å². The lowest BCUT2D eigenvalue weighted by Gasteiger charge is -2.36. The van der Waals surface area contributed by atoms with Crippen LogP contribution in [0.25, 0.3) is 5.65 Å². The fraction of sp³-hybridized carbons (Fsp3) is 0.455. The van der Waals surface area contributed by atoms with Gasteiger partial charge >= 0.3 is 0 Å². The molecule has 0 spiro atoms. The van der Waals surface area contributed by atoms with Gasteiger partial charge in [0.05, 0.1) is 5.69 Å². The van der Waals surface area contributed by atoms with Crippen LogP contribution in [-0.4, -0.2) is 49.5 Å². The normalized spacial score (nSPS) is 16.8. The van der Waals surface area contributed by atoms with Crippen molar-refractivity contribution in [2.45, 2.75) is 52.6 Å². The van der Waals surface area contributed by atoms with Gasteiger partial charge in [-0.2, -0.15) is 5.10 Å². The van der Waals surface area contributed by atoms with E-state index in [1.54, 1.807) is 4.52 Å². The molecule has 4 rings (SSSR count). The number of hydrogen-bond acceptors (Lipinski definition) is 5. The number of hydrogen-bond donors (Lipinski definition) is 1. The third-order valence-corrected chi connectivity index (χ3v) is 5.90. The van der Waals surface area contributed by atoms with E-state index in [9.17, 15) is 4.79 Å². The average Bonchev–Trinajstić information content (AvgIpc) is 3.05. The molecule has 152 valence electrons. The van der Waals surface area contributed by atoms with Crippen molar-refractivity contribution in [1.82, 2.24) is 29.8 Å². The Labute approximate surface area is 171 Å². The van der Waals surface area contributed by atoms with Crippen LogP contribution in [0.1, 0.15) is 58.8 Å². The summed E-state index contributed by atoms with van der Waals surface area (Å²) >= 11 is 0. The summed E-state index contributed by atoms with van der Waals surface area (Å²) in [6.07, 6.45) is 5.56. The zero-order chi connectivity index (χ0) is 20.5. The number of aromatic nitrogens is 4. The van der Waals surface area contributed by atoms with Gasteiger partial charge in [0, 0.05) is 49.0 Å². The van der Waals surface area contributed by atoms with E-state index in [-0.39, 0.29) is 11.9 Å². The van der Waals surface area contributed by atoms with Gasteiger partial charge in [0.15, 0.2) is 5.65 Å². The molecule has 1 aliphatic rings. The van der Waals surface area contributed by atoms with E-state index >= 15 is 0 Å². The molecule has 0 aromatic carbocycles. The average molecular weight is 393 g/mol. The lowest BCUT2D eigenvalue weighted by molar-refractivity contribution is 0.0897. The Kier molecular flexibility index (Phi) is 5.32. The summed E-state index contributed by atoms with van der Waals surface area (Å²) in [7, 11) is 0. The van der Waals surface area contributed by atoms with Gasteiger partial charge in [0.25, 0.3) is 5.91 Å². The first-order valence-electron chi connectivity index (χ1n) is 10.2. The van der Waals surface area contributed by atoms with E-state index in [0.29, 0.717) is 22.9 Å². The number of amides is 1. The highest BCUT2D eigenvalue weighted by molar-refractivity contribution is 6.01. The SMILES string of the molecule is Cc1cc(C)n2nc(C)c(C(=O)NC3CCN(C(C)c4ccncc4)CC3)c2n1. The number of nitrogens with zero attached hydrogens (tertiary/aromatic N) is 5. The molecule has 0 bridgehead atoms. The minimum absolute atomic E-state index is 0.0735. The standard InChI is InChI=1S/C22H28N6O/c1-14-13-15(2)28-21(24-14)20(16(3)26-28)22(29)25-19-7-11-27(12-8-19)17(4)18-5-9-23-10-6-18/h5-6,9-10,13,17,19H,7-8,11-12H2,1-4H3,(H,25,29). The van der Waals surface area contributed by atoms with Crippen LogP contribution in [0.3, 0.4) is 0 Å². The first-order chi connectivity index (χ1) is 13.9. The number of likely N-dealkylation sites (tertiary alicyclic amines) is 1. The fourth-order valence-electron chi connectivity index (χ4n) is 4.23. The summed E-state index contributed by atoms with van der Waals surface area (Å²) in [6, 6.07) is 6.64. The quantitative estimate of drug-likeness (QED) is 0.739. The number of piperidine rings is 1. The Morgan fingerprint density at radius 3 is 2.55 bits per heavy atom. The van der Waals surface area contributed by atoms with Crippen molar-refractivity contribution in [3.05, 3.63) is 58.8 Å². The summed E-state index contributed by atoms with van der Waals surface area (Å²) in [5, 5.41) is 7.74. The van der Waals surface area contributed by atoms with E-state index in [1.807, 2.05) is 39.2 Å². The number of nitrogens with one attached hydrogen (secondary N) is 1. The highest BCUT2D eigenvalue weighted by atomic mass is 16.1. The molecule has 1 saturated heterocycles. The molecule has 1 N–H and O–H groups in total. The predicted octanol–water partition coefficient (Wildman–Crippen LogP) is 3.00. The van der Waals surface area contributed by atoms with Crippen molar-refractivity contribution < 1.29 is 4.79 Å². The molecule has 3 aromatic heterocycles. The van der Waals surface area contributed by atoms with Crippen LogP contribution < -0.4 is 5.32 Å². The summed E-state index contributed by atoms with van der Waals surface area (Å²) in [6.45, 7) is 9.94. The minimum Gasteiger partial charge on any atom is -0.349 e. The summed E-state index contributed by atoms with van der Waals surface area (Å²) < 4.78 is 1.76. The van der Waals surface area contributed by atoms with Gasteiger partial charge in [0.1, 0.15) is 5.56 Å². The van der Waals surface area contributed by atoms with E-state index in [0.717, 1.165) is 37.3 Å². The van der Waals surface area contributed by atoms with Crippen LogP contribution in [0.4, 0.5) is 0 Å². The number of aryl methyl sites for hydroxylation is 3. The Balaban J connectivity index is 1.43. The number of carbonyl (C=O) groups is 1. The molecule has 1 amide bonds. The van der Waals surface area contributed by atoms with Gasteiger partial charge in [-0.25, -0.2) is 9.50 Å². The molecule has 29 heavy (non-hydrogen) atoms. The van der Waals surface area contributed by atoms with Crippen molar-refractivity contribution in [3.8, 4) is 0 Å². The van der Waals surface area contributed by atoms with Gasteiger partial charge in [-0.15, -0.1) is 0 Å². The second-order valence-electron chi connectivity index (χ2n) is 7.97. The first-order valence-corrected chi connectivity index (χ1v) is 10.2. The zero-order valence-corrected chi connectivity index (χ0v) is 17.5. The van der Waals surface area contributed by atoms with Crippen LogP contribution in [0, 0.1) is 20.8 Å². The molecule has 1 fully saturated rings. The molecule has 0 aliphatic carbocycles. The second kappa shape index (κ2) is 7.91. The van der Waals surface area contributed by atoms with Crippen LogP contribution in [0.2, 0.25) is 0 Å². The lowest BCUT2D eigenvalue weighted by atomic mass is 10.0. The Bertz CT molecular complexity index is 1020. The molecule has 7 nitrogen and oxygen atoms in total. The fourth-order valence-corrected chi connectivity index (χ4v) is 4.23. The molecule has 3 aromatic rings. The molecule has 1 atom stereocenters. The van der Waals surface area contributed by atoms with Crippen molar-refractivity contribution in [2.24, 2.45) is 0 Å². The van der Waals surface area contributed by atoms with Crippen molar-refractivity contribution in [1.29, 1.82) is 0 Å². The maximum absolute atomic E-state index is 13.0. The highest BCUT2D eigenvalue weighted by Gasteiger charge is 2.27. The number of carbonyl (C=O) groups excluding carboxylic acids is 1. The van der Waals surface area contributed by atoms with Crippen LogP contribution >= 0.6 is 0 Å². The van der Waals surface area contributed by atoms with E-state index in [4.69, 9.17) is 0 Å². The third kappa shape index (κ3) is 3.87. The van der Waals surface area contributed by atoms with E-state index in [1.165, 1.54) is 5.56 Å². The monoisotopic (exact) mass is 392 g/mol. The number of pyridine rings is 1. The van der Waals surface area contributed by atoms with Crippen LogP contribution in [0.5, 0.6) is 0 Å². The summed E-state index contributed by atoms with van der Waals surface area (Å²) in [5.74, 6) is -0.0735. The Morgan fingerprint density at radius 1 is 1.17 bits per heavy atom. The van der Waals surface area contributed by atoms with Crippen molar-refractivity contribution in [3.63, 3.8) is 0 Å². The van der Waals surface area contributed by atoms with Gasteiger partial charge in [-0.05, 0) is 64.3 Å². The lowest BCUT2D eigenvalue weighted by Crippen LogP contribution is -2.45. The molecule has 1 unspecified atom stereocenters. The molecule has 4 heterocycles. The maximum Gasteiger partial charge on any atom is 0.257 e. The first kappa shape index (κ1) is 19.5. The minimum atomic E-state index is -0.0735. The van der Waals surface area contributed by atoms with Gasteiger partial charge in [-0.1, -0.05) is 0 Å². The predicted molar refractivity (Wildman–Crippen MR) is 112 cm³/mol. The molecular weight excluding hydrogens is 364 g/mol. The Morgan fingerprint density at radius 2 is 1.86 bits per heavy atom. The Hall–Kier alpha value is -2.80. The van der Waals surface area contributed by atoms with Crippen molar-refractivity contribution >= 4 is 11.6 Å². The van der Waals surface area contributed by atoms with Crippen LogP contribution in [0.15, 0.2) is 30.6 Å². The molecule has 0 saturated carbocycles. The van der Waals surface area contributed by atoms with Gasteiger partial charge < -0.3 is 5.32 Å². The topological polar surface area (TPSA) is 75.4 Å². The summed E-state index contributed by atoms with van der Waals surface area (Å²) in [4.78, 5) is 24.2.